The Bertz CT molecular complexity index is 267. The second kappa shape index (κ2) is 8.32. The third kappa shape index (κ3) is 4.69. The van der Waals surface area contributed by atoms with E-state index >= 15 is 0 Å². The smallest absolute Gasteiger partial charge is 0.0855 e. The molecule has 2 heterocycles. The van der Waals surface area contributed by atoms with E-state index in [9.17, 15) is 0 Å². The third-order valence-corrected chi connectivity index (χ3v) is 4.59. The standard InChI is InChI=1S/C16H32N2O2/c1-4-17-15(8-7-14-6-5-10-19-14)16-12-18(13(2)3)9-11-20-16/h13-17H,4-12H2,1-3H3. The average molecular weight is 284 g/mol. The van der Waals surface area contributed by atoms with E-state index in [1.165, 1.54) is 19.3 Å². The van der Waals surface area contributed by atoms with E-state index in [0.29, 0.717) is 24.3 Å². The van der Waals surface area contributed by atoms with Crippen LogP contribution in [-0.2, 0) is 9.47 Å². The van der Waals surface area contributed by atoms with Gasteiger partial charge in [0.15, 0.2) is 0 Å². The van der Waals surface area contributed by atoms with E-state index in [0.717, 1.165) is 39.3 Å². The number of hydrogen-bond donors (Lipinski definition) is 1. The molecule has 0 aromatic heterocycles. The van der Waals surface area contributed by atoms with Gasteiger partial charge in [-0.25, -0.2) is 0 Å². The molecule has 0 spiro atoms. The monoisotopic (exact) mass is 284 g/mol. The van der Waals surface area contributed by atoms with Gasteiger partial charge in [0.1, 0.15) is 0 Å². The first kappa shape index (κ1) is 16.2. The van der Waals surface area contributed by atoms with E-state index in [-0.39, 0.29) is 0 Å². The number of hydrogen-bond acceptors (Lipinski definition) is 4. The summed E-state index contributed by atoms with van der Waals surface area (Å²) in [5.74, 6) is 0. The van der Waals surface area contributed by atoms with Gasteiger partial charge in [-0.05, 0) is 46.1 Å². The highest BCUT2D eigenvalue weighted by Gasteiger charge is 2.29. The summed E-state index contributed by atoms with van der Waals surface area (Å²) in [6.07, 6.45) is 5.61. The zero-order valence-electron chi connectivity index (χ0n) is 13.4. The molecular weight excluding hydrogens is 252 g/mol. The molecule has 2 aliphatic rings. The molecule has 3 atom stereocenters. The van der Waals surface area contributed by atoms with Gasteiger partial charge >= 0.3 is 0 Å². The number of ether oxygens (including phenoxy) is 2. The summed E-state index contributed by atoms with van der Waals surface area (Å²) in [6.45, 7) is 11.7. The molecule has 4 heteroatoms. The van der Waals surface area contributed by atoms with Gasteiger partial charge in [0, 0.05) is 31.8 Å². The van der Waals surface area contributed by atoms with Crippen LogP contribution >= 0.6 is 0 Å². The Labute approximate surface area is 124 Å². The third-order valence-electron chi connectivity index (χ3n) is 4.59. The Morgan fingerprint density at radius 3 is 2.75 bits per heavy atom. The van der Waals surface area contributed by atoms with Gasteiger partial charge < -0.3 is 14.8 Å². The van der Waals surface area contributed by atoms with Crippen molar-refractivity contribution < 1.29 is 9.47 Å². The van der Waals surface area contributed by atoms with Gasteiger partial charge in [0.05, 0.1) is 18.8 Å². The maximum absolute atomic E-state index is 6.04. The van der Waals surface area contributed by atoms with E-state index in [4.69, 9.17) is 9.47 Å². The normalized spacial score (nSPS) is 30.0. The Balaban J connectivity index is 1.82. The second-order valence-electron chi connectivity index (χ2n) is 6.37. The van der Waals surface area contributed by atoms with E-state index in [2.05, 4.69) is 31.0 Å². The van der Waals surface area contributed by atoms with E-state index in [1.54, 1.807) is 0 Å². The molecule has 0 saturated carbocycles. The molecule has 3 unspecified atom stereocenters. The molecule has 0 radical (unpaired) electrons. The van der Waals surface area contributed by atoms with Crippen molar-refractivity contribution in [2.24, 2.45) is 0 Å². The van der Waals surface area contributed by atoms with Crippen LogP contribution in [0.1, 0.15) is 46.5 Å². The van der Waals surface area contributed by atoms with Crippen LogP contribution in [0.5, 0.6) is 0 Å². The van der Waals surface area contributed by atoms with Crippen LogP contribution in [0.3, 0.4) is 0 Å². The van der Waals surface area contributed by atoms with Crippen molar-refractivity contribution in [3.05, 3.63) is 0 Å². The molecule has 2 saturated heterocycles. The first-order valence-corrected chi connectivity index (χ1v) is 8.41. The molecular formula is C16H32N2O2. The molecule has 118 valence electrons. The second-order valence-corrected chi connectivity index (χ2v) is 6.37. The van der Waals surface area contributed by atoms with Gasteiger partial charge in [-0.15, -0.1) is 0 Å². The fourth-order valence-electron chi connectivity index (χ4n) is 3.33. The minimum atomic E-state index is 0.326. The van der Waals surface area contributed by atoms with Crippen molar-refractivity contribution in [2.45, 2.75) is 70.7 Å². The summed E-state index contributed by atoms with van der Waals surface area (Å²) < 4.78 is 11.8. The van der Waals surface area contributed by atoms with Crippen LogP contribution in [0.15, 0.2) is 0 Å². The maximum Gasteiger partial charge on any atom is 0.0855 e. The largest absolute Gasteiger partial charge is 0.378 e. The predicted octanol–water partition coefficient (Wildman–Crippen LogP) is 2.03. The highest BCUT2D eigenvalue weighted by atomic mass is 16.5. The lowest BCUT2D eigenvalue weighted by atomic mass is 9.99. The molecule has 2 rings (SSSR count). The molecule has 2 aliphatic heterocycles. The first-order chi connectivity index (χ1) is 9.70. The number of morpholine rings is 1. The minimum Gasteiger partial charge on any atom is -0.378 e. The first-order valence-electron chi connectivity index (χ1n) is 8.41. The van der Waals surface area contributed by atoms with E-state index in [1.807, 2.05) is 0 Å². The minimum absolute atomic E-state index is 0.326. The summed E-state index contributed by atoms with van der Waals surface area (Å²) >= 11 is 0. The van der Waals surface area contributed by atoms with Crippen molar-refractivity contribution in [1.29, 1.82) is 0 Å². The molecule has 0 aliphatic carbocycles. The van der Waals surface area contributed by atoms with Gasteiger partial charge in [0.25, 0.3) is 0 Å². The summed E-state index contributed by atoms with van der Waals surface area (Å²) in [5.41, 5.74) is 0. The molecule has 20 heavy (non-hydrogen) atoms. The van der Waals surface area contributed by atoms with Crippen molar-refractivity contribution in [3.8, 4) is 0 Å². The van der Waals surface area contributed by atoms with Crippen molar-refractivity contribution in [3.63, 3.8) is 0 Å². The Morgan fingerprint density at radius 1 is 1.25 bits per heavy atom. The van der Waals surface area contributed by atoms with Gasteiger partial charge in [-0.1, -0.05) is 6.92 Å². The summed E-state index contributed by atoms with van der Waals surface area (Å²) in [7, 11) is 0. The lowest BCUT2D eigenvalue weighted by molar-refractivity contribution is -0.0580. The highest BCUT2D eigenvalue weighted by Crippen LogP contribution is 2.21. The number of nitrogens with zero attached hydrogens (tertiary/aromatic N) is 1. The molecule has 0 aromatic carbocycles. The maximum atomic E-state index is 6.04. The van der Waals surface area contributed by atoms with Crippen molar-refractivity contribution >= 4 is 0 Å². The van der Waals surface area contributed by atoms with Gasteiger partial charge in [-0.2, -0.15) is 0 Å². The molecule has 0 bridgehead atoms. The fourth-order valence-corrected chi connectivity index (χ4v) is 3.33. The van der Waals surface area contributed by atoms with Crippen LogP contribution in [0.25, 0.3) is 0 Å². The summed E-state index contributed by atoms with van der Waals surface area (Å²) in [5, 5.41) is 3.63. The number of likely N-dealkylation sites (N-methyl/N-ethyl adjacent to an activating group) is 1. The molecule has 0 amide bonds. The van der Waals surface area contributed by atoms with Crippen LogP contribution in [0, 0.1) is 0 Å². The van der Waals surface area contributed by atoms with Crippen molar-refractivity contribution in [2.75, 3.05) is 32.8 Å². The van der Waals surface area contributed by atoms with Gasteiger partial charge in [0.2, 0.25) is 0 Å². The lowest BCUT2D eigenvalue weighted by Gasteiger charge is -2.39. The van der Waals surface area contributed by atoms with Crippen LogP contribution in [-0.4, -0.2) is 62.0 Å². The van der Waals surface area contributed by atoms with Gasteiger partial charge in [-0.3, -0.25) is 4.90 Å². The molecule has 4 nitrogen and oxygen atoms in total. The topological polar surface area (TPSA) is 33.7 Å². The predicted molar refractivity (Wildman–Crippen MR) is 82.1 cm³/mol. The molecule has 0 aromatic rings. The zero-order valence-corrected chi connectivity index (χ0v) is 13.4. The Kier molecular flexibility index (Phi) is 6.75. The molecule has 2 fully saturated rings. The highest BCUT2D eigenvalue weighted by molar-refractivity contribution is 4.85. The Morgan fingerprint density at radius 2 is 2.10 bits per heavy atom. The van der Waals surface area contributed by atoms with Crippen LogP contribution in [0.4, 0.5) is 0 Å². The number of nitrogens with one attached hydrogen (secondary N) is 1. The zero-order chi connectivity index (χ0) is 14.4. The average Bonchev–Trinajstić information content (AvgIpc) is 2.97. The van der Waals surface area contributed by atoms with Crippen LogP contribution in [0.2, 0.25) is 0 Å². The van der Waals surface area contributed by atoms with E-state index < -0.39 is 0 Å². The quantitative estimate of drug-likeness (QED) is 0.775. The Hall–Kier alpha value is -0.160. The number of rotatable bonds is 7. The molecule has 1 N–H and O–H groups in total. The lowest BCUT2D eigenvalue weighted by Crippen LogP contribution is -2.53. The summed E-state index contributed by atoms with van der Waals surface area (Å²) in [4.78, 5) is 2.53. The fraction of sp³-hybridized carbons (Fsp3) is 1.00. The summed E-state index contributed by atoms with van der Waals surface area (Å²) in [6, 6.07) is 1.08. The van der Waals surface area contributed by atoms with Crippen molar-refractivity contribution in [1.82, 2.24) is 10.2 Å². The SMILES string of the molecule is CCNC(CCC1CCCO1)C1CN(C(C)C)CCO1. The van der Waals surface area contributed by atoms with Crippen LogP contribution < -0.4 is 5.32 Å².